The number of unbranched alkanes of at least 4 members (excludes halogenated alkanes) is 36. The Balaban J connectivity index is 4.24. The van der Waals surface area contributed by atoms with E-state index in [1.165, 1.54) is 212 Å². The van der Waals surface area contributed by atoms with Crippen molar-refractivity contribution in [2.45, 2.75) is 322 Å². The Bertz CT molecular complexity index is 1200. The molecule has 0 bridgehead atoms. The average Bonchev–Trinajstić information content (AvgIpc) is 3.36. The van der Waals surface area contributed by atoms with Gasteiger partial charge in [0.15, 0.2) is 6.10 Å². The van der Waals surface area contributed by atoms with Gasteiger partial charge in [0.05, 0.1) is 6.61 Å². The van der Waals surface area contributed by atoms with Gasteiger partial charge in [-0.2, -0.15) is 0 Å². The standard InChI is InChI=1S/C65H118O5/c1-4-7-10-13-16-19-22-25-28-30-32-34-36-39-42-45-48-51-54-57-60-68-61-63(70-65(67)59-56-53-50-47-44-41-37-27-24-21-18-15-12-9-6-3)62-69-64(66)58-55-52-49-46-43-40-38-35-33-31-29-26-23-20-17-14-11-8-5-2/h9,12,17-18,20-21,26-27,29,37,63H,4-8,10-11,13-16,19,22-25,28,30-36,38-62H2,1-3H3/b12-9-,20-17-,21-18-,29-26-,37-27-. The molecule has 0 spiro atoms. The quantitative estimate of drug-likeness (QED) is 0.0345. The van der Waals surface area contributed by atoms with Crippen LogP contribution in [0.4, 0.5) is 0 Å². The van der Waals surface area contributed by atoms with Gasteiger partial charge < -0.3 is 14.2 Å². The van der Waals surface area contributed by atoms with Crippen LogP contribution in [0.1, 0.15) is 316 Å². The van der Waals surface area contributed by atoms with Crippen LogP contribution in [0, 0.1) is 0 Å². The van der Waals surface area contributed by atoms with Crippen LogP contribution in [0.15, 0.2) is 60.8 Å². The van der Waals surface area contributed by atoms with Crippen molar-refractivity contribution < 1.29 is 23.8 Å². The van der Waals surface area contributed by atoms with Gasteiger partial charge in [-0.3, -0.25) is 9.59 Å². The zero-order valence-electron chi connectivity index (χ0n) is 47.0. The minimum absolute atomic E-state index is 0.0784. The lowest BCUT2D eigenvalue weighted by Gasteiger charge is -2.18. The first kappa shape index (κ1) is 67.6. The Morgan fingerprint density at radius 3 is 1.06 bits per heavy atom. The molecule has 0 rings (SSSR count). The zero-order valence-corrected chi connectivity index (χ0v) is 47.0. The molecule has 1 unspecified atom stereocenters. The van der Waals surface area contributed by atoms with Crippen LogP contribution in [0.5, 0.6) is 0 Å². The van der Waals surface area contributed by atoms with Crippen LogP contribution in [0.3, 0.4) is 0 Å². The molecule has 5 nitrogen and oxygen atoms in total. The fourth-order valence-electron chi connectivity index (χ4n) is 8.97. The van der Waals surface area contributed by atoms with Gasteiger partial charge in [0, 0.05) is 19.4 Å². The second kappa shape index (κ2) is 60.9. The van der Waals surface area contributed by atoms with Crippen molar-refractivity contribution in [1.82, 2.24) is 0 Å². The molecule has 0 aliphatic heterocycles. The fourth-order valence-corrected chi connectivity index (χ4v) is 8.97. The highest BCUT2D eigenvalue weighted by atomic mass is 16.6. The molecule has 1 atom stereocenters. The third-order valence-electron chi connectivity index (χ3n) is 13.5. The highest BCUT2D eigenvalue weighted by molar-refractivity contribution is 5.70. The van der Waals surface area contributed by atoms with E-state index in [-0.39, 0.29) is 25.2 Å². The van der Waals surface area contributed by atoms with Crippen molar-refractivity contribution in [2.24, 2.45) is 0 Å². The Morgan fingerprint density at radius 1 is 0.329 bits per heavy atom. The van der Waals surface area contributed by atoms with Crippen molar-refractivity contribution in [2.75, 3.05) is 19.8 Å². The number of esters is 2. The SMILES string of the molecule is CC/C=C\C/C=C\C/C=C\CCCCCCCC(=O)OC(COCCCCCCCCCCCCCCCCCCCCCC)COC(=O)CCCCCCCCCCC/C=C\C/C=C\CCCCC. The normalized spacial score (nSPS) is 12.6. The van der Waals surface area contributed by atoms with Crippen LogP contribution in [-0.2, 0) is 23.8 Å². The molecule has 0 saturated heterocycles. The maximum atomic E-state index is 12.9. The number of allylic oxidation sites excluding steroid dienone is 10. The van der Waals surface area contributed by atoms with Crippen LogP contribution < -0.4 is 0 Å². The third kappa shape index (κ3) is 58.2. The van der Waals surface area contributed by atoms with Crippen LogP contribution in [0.25, 0.3) is 0 Å². The molecule has 408 valence electrons. The van der Waals surface area contributed by atoms with Gasteiger partial charge in [0.1, 0.15) is 6.61 Å². The van der Waals surface area contributed by atoms with Gasteiger partial charge in [-0.05, 0) is 83.5 Å². The second-order valence-electron chi connectivity index (χ2n) is 20.6. The zero-order chi connectivity index (χ0) is 50.6. The van der Waals surface area contributed by atoms with E-state index < -0.39 is 6.10 Å². The fraction of sp³-hybridized carbons (Fsp3) is 0.815. The van der Waals surface area contributed by atoms with Crippen LogP contribution >= 0.6 is 0 Å². The molecule has 0 amide bonds. The van der Waals surface area contributed by atoms with E-state index in [9.17, 15) is 9.59 Å². The highest BCUT2D eigenvalue weighted by Gasteiger charge is 2.17. The molecule has 0 aromatic rings. The number of hydrogen-bond donors (Lipinski definition) is 0. The number of rotatable bonds is 57. The maximum absolute atomic E-state index is 12.9. The van der Waals surface area contributed by atoms with E-state index in [1.54, 1.807) is 0 Å². The van der Waals surface area contributed by atoms with Crippen molar-refractivity contribution in [3.8, 4) is 0 Å². The minimum atomic E-state index is -0.547. The molecular formula is C65H118O5. The summed E-state index contributed by atoms with van der Waals surface area (Å²) in [6.45, 7) is 7.73. The molecule has 0 saturated carbocycles. The number of ether oxygens (including phenoxy) is 3. The Morgan fingerprint density at radius 2 is 0.643 bits per heavy atom. The van der Waals surface area contributed by atoms with Crippen LogP contribution in [0.2, 0.25) is 0 Å². The molecule has 0 heterocycles. The van der Waals surface area contributed by atoms with E-state index in [0.29, 0.717) is 19.4 Å². The molecule has 70 heavy (non-hydrogen) atoms. The number of carbonyl (C=O) groups is 2. The first-order valence-corrected chi connectivity index (χ1v) is 30.8. The van der Waals surface area contributed by atoms with Gasteiger partial charge in [0.2, 0.25) is 0 Å². The lowest BCUT2D eigenvalue weighted by molar-refractivity contribution is -0.163. The Kier molecular flexibility index (Phi) is 58.8. The lowest BCUT2D eigenvalue weighted by Crippen LogP contribution is -2.30. The van der Waals surface area contributed by atoms with Crippen molar-refractivity contribution in [3.05, 3.63) is 60.8 Å². The summed E-state index contributed by atoms with van der Waals surface area (Å²) >= 11 is 0. The lowest BCUT2D eigenvalue weighted by atomic mass is 10.0. The van der Waals surface area contributed by atoms with Gasteiger partial charge >= 0.3 is 11.9 Å². The summed E-state index contributed by atoms with van der Waals surface area (Å²) in [5.74, 6) is -0.406. The summed E-state index contributed by atoms with van der Waals surface area (Å²) in [6.07, 6.45) is 78.3. The van der Waals surface area contributed by atoms with Gasteiger partial charge in [-0.15, -0.1) is 0 Å². The highest BCUT2D eigenvalue weighted by Crippen LogP contribution is 2.17. The van der Waals surface area contributed by atoms with Crippen molar-refractivity contribution in [1.29, 1.82) is 0 Å². The third-order valence-corrected chi connectivity index (χ3v) is 13.5. The molecule has 0 aromatic carbocycles. The predicted molar refractivity (Wildman–Crippen MR) is 307 cm³/mol. The van der Waals surface area contributed by atoms with E-state index in [2.05, 4.69) is 81.5 Å². The molecule has 0 N–H and O–H groups in total. The summed E-state index contributed by atoms with van der Waals surface area (Å²) in [7, 11) is 0. The molecule has 5 heteroatoms. The molecule has 0 aromatic heterocycles. The monoisotopic (exact) mass is 979 g/mol. The average molecular weight is 980 g/mol. The predicted octanol–water partition coefficient (Wildman–Crippen LogP) is 21.2. The largest absolute Gasteiger partial charge is 0.462 e. The Labute approximate surface area is 436 Å². The summed E-state index contributed by atoms with van der Waals surface area (Å²) in [6, 6.07) is 0. The maximum Gasteiger partial charge on any atom is 0.306 e. The van der Waals surface area contributed by atoms with E-state index in [0.717, 1.165) is 70.6 Å². The molecule has 0 aliphatic rings. The topological polar surface area (TPSA) is 61.8 Å². The first-order chi connectivity index (χ1) is 34.6. The molecular weight excluding hydrogens is 861 g/mol. The smallest absolute Gasteiger partial charge is 0.306 e. The van der Waals surface area contributed by atoms with Gasteiger partial charge in [-0.1, -0.05) is 281 Å². The van der Waals surface area contributed by atoms with Crippen molar-refractivity contribution >= 4 is 11.9 Å². The van der Waals surface area contributed by atoms with Gasteiger partial charge in [-0.25, -0.2) is 0 Å². The summed E-state index contributed by atoms with van der Waals surface area (Å²) in [4.78, 5) is 25.6. The van der Waals surface area contributed by atoms with Gasteiger partial charge in [0.25, 0.3) is 0 Å². The summed E-state index contributed by atoms with van der Waals surface area (Å²) in [5, 5.41) is 0. The minimum Gasteiger partial charge on any atom is -0.462 e. The molecule has 0 radical (unpaired) electrons. The summed E-state index contributed by atoms with van der Waals surface area (Å²) in [5.41, 5.74) is 0. The van der Waals surface area contributed by atoms with E-state index >= 15 is 0 Å². The van der Waals surface area contributed by atoms with Crippen LogP contribution in [-0.4, -0.2) is 37.9 Å². The first-order valence-electron chi connectivity index (χ1n) is 30.8. The second-order valence-corrected chi connectivity index (χ2v) is 20.6. The molecule has 0 aliphatic carbocycles. The number of carbonyl (C=O) groups excluding carboxylic acids is 2. The van der Waals surface area contributed by atoms with Crippen molar-refractivity contribution in [3.63, 3.8) is 0 Å². The molecule has 0 fully saturated rings. The number of hydrogen-bond acceptors (Lipinski definition) is 5. The summed E-state index contributed by atoms with van der Waals surface area (Å²) < 4.78 is 17.5. The Hall–Kier alpha value is -2.40. The van der Waals surface area contributed by atoms with E-state index in [1.807, 2.05) is 0 Å². The van der Waals surface area contributed by atoms with E-state index in [4.69, 9.17) is 14.2 Å².